The highest BCUT2D eigenvalue weighted by Gasteiger charge is 2.25. The Hall–Kier alpha value is -3.12. The quantitative estimate of drug-likeness (QED) is 0.342. The Kier molecular flexibility index (Phi) is 4.13. The minimum atomic E-state index is 0.569. The summed E-state index contributed by atoms with van der Waals surface area (Å²) in [5.41, 5.74) is 9.75. The van der Waals surface area contributed by atoms with Crippen LogP contribution in [0.25, 0.3) is 39.1 Å². The summed E-state index contributed by atoms with van der Waals surface area (Å²) in [7, 11) is 0. The van der Waals surface area contributed by atoms with Crippen LogP contribution in [0.15, 0.2) is 90.5 Å². The molecule has 0 radical (unpaired) electrons. The van der Waals surface area contributed by atoms with E-state index < -0.39 is 0 Å². The van der Waals surface area contributed by atoms with Gasteiger partial charge < -0.3 is 0 Å². The maximum absolute atomic E-state index is 2.44. The first-order valence-corrected chi connectivity index (χ1v) is 10.1. The molecule has 0 heteroatoms. The molecule has 28 heavy (non-hydrogen) atoms. The Balaban J connectivity index is 1.97. The third kappa shape index (κ3) is 2.68. The second-order valence-electron chi connectivity index (χ2n) is 7.91. The van der Waals surface area contributed by atoms with Crippen molar-refractivity contribution < 1.29 is 0 Å². The lowest BCUT2D eigenvalue weighted by Gasteiger charge is -2.28. The SMILES string of the molecule is CC1=Cc2c(c(-c3ccccc3)c3ccccc3c2-c2ccccc2)CC1C. The molecule has 0 spiro atoms. The molecule has 0 aromatic heterocycles. The fraction of sp³-hybridized carbons (Fsp3) is 0.143. The maximum Gasteiger partial charge on any atom is -0.00296 e. The van der Waals surface area contributed by atoms with Crippen LogP contribution in [-0.2, 0) is 6.42 Å². The standard InChI is InChI=1S/C28H24/c1-19-17-25-26(18-20(19)2)28(22-13-7-4-8-14-22)24-16-10-9-15-23(24)27(25)21-11-5-3-6-12-21/h3-17,20H,18H2,1-2H3. The lowest BCUT2D eigenvalue weighted by atomic mass is 9.76. The summed E-state index contributed by atoms with van der Waals surface area (Å²) in [5, 5.41) is 2.69. The third-order valence-electron chi connectivity index (χ3n) is 6.15. The Morgan fingerprint density at radius 1 is 0.643 bits per heavy atom. The normalized spacial score (nSPS) is 15.9. The van der Waals surface area contributed by atoms with Crippen LogP contribution in [-0.4, -0.2) is 0 Å². The zero-order valence-electron chi connectivity index (χ0n) is 16.4. The molecule has 1 aliphatic rings. The van der Waals surface area contributed by atoms with Gasteiger partial charge in [0, 0.05) is 0 Å². The van der Waals surface area contributed by atoms with Crippen LogP contribution < -0.4 is 0 Å². The van der Waals surface area contributed by atoms with E-state index >= 15 is 0 Å². The van der Waals surface area contributed by atoms with Crippen LogP contribution in [0.4, 0.5) is 0 Å². The van der Waals surface area contributed by atoms with Gasteiger partial charge in [0.2, 0.25) is 0 Å². The van der Waals surface area contributed by atoms with Gasteiger partial charge in [-0.3, -0.25) is 0 Å². The van der Waals surface area contributed by atoms with Crippen LogP contribution >= 0.6 is 0 Å². The van der Waals surface area contributed by atoms with Gasteiger partial charge in [0.25, 0.3) is 0 Å². The number of hydrogen-bond donors (Lipinski definition) is 0. The van der Waals surface area contributed by atoms with E-state index in [1.165, 1.54) is 49.7 Å². The van der Waals surface area contributed by atoms with Crippen LogP contribution in [0, 0.1) is 5.92 Å². The van der Waals surface area contributed by atoms with E-state index in [0.29, 0.717) is 5.92 Å². The molecule has 0 saturated carbocycles. The van der Waals surface area contributed by atoms with Crippen LogP contribution in [0.5, 0.6) is 0 Å². The Labute approximate surface area is 167 Å². The van der Waals surface area contributed by atoms with Gasteiger partial charge in [-0.2, -0.15) is 0 Å². The number of hydrogen-bond acceptors (Lipinski definition) is 0. The Bertz CT molecular complexity index is 1180. The molecule has 0 aliphatic heterocycles. The van der Waals surface area contributed by atoms with Gasteiger partial charge >= 0.3 is 0 Å². The smallest absolute Gasteiger partial charge is 0.00296 e. The summed E-state index contributed by atoms with van der Waals surface area (Å²) >= 11 is 0. The largest absolute Gasteiger partial charge is 0.0695 e. The Morgan fingerprint density at radius 2 is 1.14 bits per heavy atom. The minimum absolute atomic E-state index is 0.569. The molecule has 0 fully saturated rings. The van der Waals surface area contributed by atoms with Gasteiger partial charge in [-0.1, -0.05) is 104 Å². The minimum Gasteiger partial charge on any atom is -0.0695 e. The average Bonchev–Trinajstić information content (AvgIpc) is 2.74. The lowest BCUT2D eigenvalue weighted by molar-refractivity contribution is 0.674. The van der Waals surface area contributed by atoms with E-state index in [0.717, 1.165) is 6.42 Å². The summed E-state index contributed by atoms with van der Waals surface area (Å²) in [4.78, 5) is 0. The molecule has 136 valence electrons. The number of allylic oxidation sites excluding steroid dienone is 1. The fourth-order valence-electron chi connectivity index (χ4n) is 4.57. The van der Waals surface area contributed by atoms with Gasteiger partial charge in [-0.15, -0.1) is 0 Å². The zero-order chi connectivity index (χ0) is 19.1. The first-order valence-electron chi connectivity index (χ1n) is 10.1. The Morgan fingerprint density at radius 3 is 1.75 bits per heavy atom. The molecule has 4 aromatic carbocycles. The maximum atomic E-state index is 2.44. The van der Waals surface area contributed by atoms with Crippen molar-refractivity contribution >= 4 is 16.8 Å². The lowest BCUT2D eigenvalue weighted by Crippen LogP contribution is -2.11. The van der Waals surface area contributed by atoms with Crippen molar-refractivity contribution in [2.45, 2.75) is 20.3 Å². The van der Waals surface area contributed by atoms with Crippen molar-refractivity contribution in [2.75, 3.05) is 0 Å². The molecule has 0 amide bonds. The number of benzene rings is 4. The van der Waals surface area contributed by atoms with Crippen molar-refractivity contribution in [1.29, 1.82) is 0 Å². The number of rotatable bonds is 2. The first kappa shape index (κ1) is 17.0. The van der Waals surface area contributed by atoms with Crippen molar-refractivity contribution in [1.82, 2.24) is 0 Å². The van der Waals surface area contributed by atoms with Crippen LogP contribution in [0.3, 0.4) is 0 Å². The van der Waals surface area contributed by atoms with E-state index in [1.54, 1.807) is 0 Å². The summed E-state index contributed by atoms with van der Waals surface area (Å²) in [6.07, 6.45) is 3.53. The molecule has 4 aromatic rings. The number of fused-ring (bicyclic) bond motifs is 2. The first-order chi connectivity index (χ1) is 13.7. The highest BCUT2D eigenvalue weighted by Crippen LogP contribution is 2.46. The predicted molar refractivity (Wildman–Crippen MR) is 121 cm³/mol. The van der Waals surface area contributed by atoms with Crippen LogP contribution in [0.2, 0.25) is 0 Å². The van der Waals surface area contributed by atoms with Gasteiger partial charge in [0.1, 0.15) is 0 Å². The molecule has 0 N–H and O–H groups in total. The predicted octanol–water partition coefficient (Wildman–Crippen LogP) is 7.77. The van der Waals surface area contributed by atoms with E-state index in [4.69, 9.17) is 0 Å². The van der Waals surface area contributed by atoms with Gasteiger partial charge in [-0.05, 0) is 63.4 Å². The highest BCUT2D eigenvalue weighted by atomic mass is 14.3. The molecule has 5 rings (SSSR count). The fourth-order valence-corrected chi connectivity index (χ4v) is 4.57. The zero-order valence-corrected chi connectivity index (χ0v) is 16.4. The summed E-state index contributed by atoms with van der Waals surface area (Å²) < 4.78 is 0. The van der Waals surface area contributed by atoms with Gasteiger partial charge in [0.05, 0.1) is 0 Å². The van der Waals surface area contributed by atoms with Crippen molar-refractivity contribution in [2.24, 2.45) is 5.92 Å². The summed E-state index contributed by atoms with van der Waals surface area (Å²) in [5.74, 6) is 0.569. The van der Waals surface area contributed by atoms with Gasteiger partial charge in [-0.25, -0.2) is 0 Å². The third-order valence-corrected chi connectivity index (χ3v) is 6.15. The van der Waals surface area contributed by atoms with Crippen molar-refractivity contribution in [3.8, 4) is 22.3 Å². The summed E-state index contributed by atoms with van der Waals surface area (Å²) in [6.45, 7) is 4.63. The highest BCUT2D eigenvalue weighted by molar-refractivity contribution is 6.10. The second-order valence-corrected chi connectivity index (χ2v) is 7.91. The van der Waals surface area contributed by atoms with Crippen molar-refractivity contribution in [3.05, 3.63) is 102 Å². The second kappa shape index (κ2) is 6.80. The van der Waals surface area contributed by atoms with Crippen molar-refractivity contribution in [3.63, 3.8) is 0 Å². The molecule has 0 nitrogen and oxygen atoms in total. The van der Waals surface area contributed by atoms with E-state index in [2.05, 4.69) is 105 Å². The topological polar surface area (TPSA) is 0 Å². The molecular weight excluding hydrogens is 336 g/mol. The molecule has 0 heterocycles. The van der Waals surface area contributed by atoms with Crippen LogP contribution in [0.1, 0.15) is 25.0 Å². The van der Waals surface area contributed by atoms with E-state index in [-0.39, 0.29) is 0 Å². The monoisotopic (exact) mass is 360 g/mol. The average molecular weight is 361 g/mol. The molecule has 0 saturated heterocycles. The molecule has 1 atom stereocenters. The molecule has 0 bridgehead atoms. The van der Waals surface area contributed by atoms with E-state index in [1.807, 2.05) is 0 Å². The molecular formula is C28H24. The molecule has 1 unspecified atom stereocenters. The van der Waals surface area contributed by atoms with Gasteiger partial charge in [0.15, 0.2) is 0 Å². The molecule has 1 aliphatic carbocycles. The summed E-state index contributed by atoms with van der Waals surface area (Å²) in [6, 6.07) is 30.7. The van der Waals surface area contributed by atoms with E-state index in [9.17, 15) is 0 Å².